The number of rotatable bonds is 5. The van der Waals surface area contributed by atoms with Crippen molar-refractivity contribution in [3.63, 3.8) is 0 Å². The van der Waals surface area contributed by atoms with E-state index in [2.05, 4.69) is 15.5 Å². The van der Waals surface area contributed by atoms with E-state index in [9.17, 15) is 4.79 Å². The van der Waals surface area contributed by atoms with E-state index in [1.165, 1.54) is 11.3 Å². The molecule has 1 aromatic carbocycles. The molecule has 3 aromatic rings. The molecule has 6 nitrogen and oxygen atoms in total. The fourth-order valence-corrected chi connectivity index (χ4v) is 2.25. The van der Waals surface area contributed by atoms with E-state index < -0.39 is 0 Å². The maximum Gasteiger partial charge on any atom is 0.270 e. The van der Waals surface area contributed by atoms with Crippen molar-refractivity contribution in [1.29, 1.82) is 0 Å². The van der Waals surface area contributed by atoms with Gasteiger partial charge in [0.25, 0.3) is 17.7 Å². The molecular formula is C14H11N3O3S. The molecule has 0 saturated carbocycles. The van der Waals surface area contributed by atoms with E-state index >= 15 is 0 Å². The molecule has 0 aliphatic rings. The zero-order valence-corrected chi connectivity index (χ0v) is 11.7. The van der Waals surface area contributed by atoms with Gasteiger partial charge in [-0.1, -0.05) is 24.3 Å². The van der Waals surface area contributed by atoms with Crippen LogP contribution >= 0.6 is 11.3 Å². The first-order valence-electron chi connectivity index (χ1n) is 6.16. The Balaban J connectivity index is 1.55. The number of benzene rings is 1. The van der Waals surface area contributed by atoms with E-state index in [4.69, 9.17) is 9.26 Å². The predicted molar refractivity (Wildman–Crippen MR) is 78.2 cm³/mol. The number of thiophene rings is 1. The van der Waals surface area contributed by atoms with Crippen molar-refractivity contribution in [3.05, 3.63) is 47.8 Å². The Morgan fingerprint density at radius 1 is 1.24 bits per heavy atom. The maximum absolute atomic E-state index is 11.7. The summed E-state index contributed by atoms with van der Waals surface area (Å²) in [6.07, 6.45) is 0. The lowest BCUT2D eigenvalue weighted by molar-refractivity contribution is -0.118. The van der Waals surface area contributed by atoms with Crippen LogP contribution in [-0.2, 0) is 4.79 Å². The monoisotopic (exact) mass is 301 g/mol. The third-order valence-corrected chi connectivity index (χ3v) is 3.38. The molecule has 0 aliphatic heterocycles. The predicted octanol–water partition coefficient (Wildman–Crippen LogP) is 2.82. The molecule has 1 amide bonds. The third kappa shape index (κ3) is 3.46. The van der Waals surface area contributed by atoms with Crippen molar-refractivity contribution in [3.8, 4) is 16.5 Å². The highest BCUT2D eigenvalue weighted by Crippen LogP contribution is 2.23. The van der Waals surface area contributed by atoms with Crippen LogP contribution in [0.25, 0.3) is 10.8 Å². The van der Waals surface area contributed by atoms with Gasteiger partial charge in [0, 0.05) is 0 Å². The van der Waals surface area contributed by atoms with E-state index in [-0.39, 0.29) is 18.5 Å². The summed E-state index contributed by atoms with van der Waals surface area (Å²) < 4.78 is 10.4. The number of anilines is 1. The van der Waals surface area contributed by atoms with Crippen molar-refractivity contribution in [2.45, 2.75) is 0 Å². The molecule has 0 fully saturated rings. The zero-order valence-electron chi connectivity index (χ0n) is 10.9. The van der Waals surface area contributed by atoms with Crippen molar-refractivity contribution in [2.75, 3.05) is 11.9 Å². The summed E-state index contributed by atoms with van der Waals surface area (Å²) in [7, 11) is 0. The number of hydrogen-bond donors (Lipinski definition) is 1. The van der Waals surface area contributed by atoms with E-state index in [0.717, 1.165) is 4.88 Å². The van der Waals surface area contributed by atoms with Crippen molar-refractivity contribution >= 4 is 23.2 Å². The molecule has 1 N–H and O–H groups in total. The highest BCUT2D eigenvalue weighted by Gasteiger charge is 2.12. The van der Waals surface area contributed by atoms with Gasteiger partial charge < -0.3 is 9.26 Å². The fraction of sp³-hybridized carbons (Fsp3) is 0.0714. The highest BCUT2D eigenvalue weighted by atomic mass is 32.1. The average molecular weight is 301 g/mol. The van der Waals surface area contributed by atoms with Gasteiger partial charge in [-0.2, -0.15) is 4.98 Å². The molecule has 2 aromatic heterocycles. The summed E-state index contributed by atoms with van der Waals surface area (Å²) in [6, 6.07) is 12.8. The topological polar surface area (TPSA) is 77.2 Å². The minimum Gasteiger partial charge on any atom is -0.484 e. The quantitative estimate of drug-likeness (QED) is 0.784. The molecule has 0 unspecified atom stereocenters. The summed E-state index contributed by atoms with van der Waals surface area (Å²) in [4.78, 5) is 16.7. The standard InChI is InChI=1S/C14H11N3O3S/c18-12(9-19-10-5-2-1-3-6-10)15-14-16-13(20-17-14)11-7-4-8-21-11/h1-8H,9H2,(H,15,17,18). The Bertz CT molecular complexity index is 710. The average Bonchev–Trinajstić information content (AvgIpc) is 3.17. The van der Waals surface area contributed by atoms with Gasteiger partial charge in [0.1, 0.15) is 5.75 Å². The van der Waals surface area contributed by atoms with E-state index in [0.29, 0.717) is 11.6 Å². The van der Waals surface area contributed by atoms with Gasteiger partial charge in [-0.05, 0) is 28.7 Å². The van der Waals surface area contributed by atoms with Crippen LogP contribution in [-0.4, -0.2) is 22.7 Å². The Hall–Kier alpha value is -2.67. The van der Waals surface area contributed by atoms with Crippen LogP contribution in [0, 0.1) is 0 Å². The lowest BCUT2D eigenvalue weighted by Crippen LogP contribution is -2.20. The molecule has 0 aliphatic carbocycles. The number of para-hydroxylation sites is 1. The molecule has 2 heterocycles. The fourth-order valence-electron chi connectivity index (χ4n) is 1.60. The number of nitrogens with one attached hydrogen (secondary N) is 1. The normalized spacial score (nSPS) is 10.3. The summed E-state index contributed by atoms with van der Waals surface area (Å²) in [5.41, 5.74) is 0. The Kier molecular flexibility index (Phi) is 3.92. The van der Waals surface area contributed by atoms with Gasteiger partial charge in [0.05, 0.1) is 4.88 Å². The van der Waals surface area contributed by atoms with Crippen LogP contribution < -0.4 is 10.1 Å². The number of carbonyl (C=O) groups is 1. The van der Waals surface area contributed by atoms with E-state index in [1.54, 1.807) is 12.1 Å². The van der Waals surface area contributed by atoms with Gasteiger partial charge in [-0.25, -0.2) is 0 Å². The maximum atomic E-state index is 11.7. The highest BCUT2D eigenvalue weighted by molar-refractivity contribution is 7.13. The molecule has 0 bridgehead atoms. The van der Waals surface area contributed by atoms with Crippen LogP contribution in [0.15, 0.2) is 52.4 Å². The molecule has 21 heavy (non-hydrogen) atoms. The van der Waals surface area contributed by atoms with Crippen molar-refractivity contribution < 1.29 is 14.1 Å². The third-order valence-electron chi connectivity index (χ3n) is 2.52. The number of amides is 1. The van der Waals surface area contributed by atoms with Gasteiger partial charge >= 0.3 is 0 Å². The van der Waals surface area contributed by atoms with Crippen LogP contribution in [0.2, 0.25) is 0 Å². The smallest absolute Gasteiger partial charge is 0.270 e. The van der Waals surface area contributed by atoms with Gasteiger partial charge in [-0.15, -0.1) is 11.3 Å². The van der Waals surface area contributed by atoms with Crippen LogP contribution in [0.5, 0.6) is 5.75 Å². The largest absolute Gasteiger partial charge is 0.484 e. The van der Waals surface area contributed by atoms with Crippen molar-refractivity contribution in [2.24, 2.45) is 0 Å². The first kappa shape index (κ1) is 13.3. The first-order valence-corrected chi connectivity index (χ1v) is 7.04. The molecule has 106 valence electrons. The molecule has 0 saturated heterocycles. The number of hydrogen-bond acceptors (Lipinski definition) is 6. The lowest BCUT2D eigenvalue weighted by atomic mass is 10.3. The van der Waals surface area contributed by atoms with Crippen LogP contribution in [0.4, 0.5) is 5.95 Å². The SMILES string of the molecule is O=C(COc1ccccc1)Nc1noc(-c2cccs2)n1. The van der Waals surface area contributed by atoms with Gasteiger partial charge in [0.15, 0.2) is 6.61 Å². The Morgan fingerprint density at radius 2 is 2.10 bits per heavy atom. The first-order chi connectivity index (χ1) is 10.3. The molecule has 0 atom stereocenters. The van der Waals surface area contributed by atoms with E-state index in [1.807, 2.05) is 35.7 Å². The number of ether oxygens (including phenoxy) is 1. The lowest BCUT2D eigenvalue weighted by Gasteiger charge is -2.04. The second-order valence-corrected chi connectivity index (χ2v) is 5.00. The molecule has 0 radical (unpaired) electrons. The van der Waals surface area contributed by atoms with Gasteiger partial charge in [-0.3, -0.25) is 10.1 Å². The molecule has 7 heteroatoms. The Morgan fingerprint density at radius 3 is 2.86 bits per heavy atom. The second-order valence-electron chi connectivity index (χ2n) is 4.05. The summed E-state index contributed by atoms with van der Waals surface area (Å²) in [5, 5.41) is 8.13. The van der Waals surface area contributed by atoms with Gasteiger partial charge in [0.2, 0.25) is 0 Å². The molecule has 0 spiro atoms. The number of carbonyl (C=O) groups excluding carboxylic acids is 1. The summed E-state index contributed by atoms with van der Waals surface area (Å²) >= 11 is 1.48. The summed E-state index contributed by atoms with van der Waals surface area (Å²) in [5.74, 6) is 0.779. The zero-order chi connectivity index (χ0) is 14.5. The minimum absolute atomic E-state index is 0.118. The Labute approximate surface area is 124 Å². The number of nitrogens with zero attached hydrogens (tertiary/aromatic N) is 2. The van der Waals surface area contributed by atoms with Crippen LogP contribution in [0.1, 0.15) is 0 Å². The summed E-state index contributed by atoms with van der Waals surface area (Å²) in [6.45, 7) is -0.118. The molecule has 3 rings (SSSR count). The molecular weight excluding hydrogens is 290 g/mol. The number of aromatic nitrogens is 2. The minimum atomic E-state index is -0.350. The van der Waals surface area contributed by atoms with Crippen LogP contribution in [0.3, 0.4) is 0 Å². The second kappa shape index (κ2) is 6.19. The van der Waals surface area contributed by atoms with Crippen molar-refractivity contribution in [1.82, 2.24) is 10.1 Å².